The minimum Gasteiger partial charge on any atom is -0.497 e. The number of nitrogens with one attached hydrogen (secondary N) is 2. The highest BCUT2D eigenvalue weighted by Gasteiger charge is 2.39. The third-order valence-corrected chi connectivity index (χ3v) is 4.48. The number of amides is 3. The zero-order valence-electron chi connectivity index (χ0n) is 16.5. The van der Waals surface area contributed by atoms with Gasteiger partial charge in [0.2, 0.25) is 5.91 Å². The molecule has 156 valence electrons. The number of imide groups is 1. The SMILES string of the molecule is CCOC(=O)c1ccc(N2C(=O)CC(NNC(=O)c3cccc(OC)c3)C2=O)cc1. The molecule has 1 saturated heterocycles. The van der Waals surface area contributed by atoms with Crippen molar-refractivity contribution >= 4 is 29.4 Å². The van der Waals surface area contributed by atoms with Crippen LogP contribution >= 0.6 is 0 Å². The highest BCUT2D eigenvalue weighted by Crippen LogP contribution is 2.23. The largest absolute Gasteiger partial charge is 0.497 e. The smallest absolute Gasteiger partial charge is 0.338 e. The Bertz CT molecular complexity index is 973. The van der Waals surface area contributed by atoms with Crippen LogP contribution in [-0.4, -0.2) is 43.4 Å². The van der Waals surface area contributed by atoms with E-state index in [-0.39, 0.29) is 13.0 Å². The maximum atomic E-state index is 12.7. The topological polar surface area (TPSA) is 114 Å². The molecule has 1 aliphatic rings. The van der Waals surface area contributed by atoms with Crippen LogP contribution in [0.4, 0.5) is 5.69 Å². The monoisotopic (exact) mass is 411 g/mol. The van der Waals surface area contributed by atoms with E-state index in [1.165, 1.54) is 31.4 Å². The van der Waals surface area contributed by atoms with E-state index in [1.54, 1.807) is 31.2 Å². The summed E-state index contributed by atoms with van der Waals surface area (Å²) in [6, 6.07) is 11.6. The van der Waals surface area contributed by atoms with E-state index in [9.17, 15) is 19.2 Å². The molecule has 1 fully saturated rings. The summed E-state index contributed by atoms with van der Waals surface area (Å²) in [6.07, 6.45) is -0.114. The van der Waals surface area contributed by atoms with Gasteiger partial charge in [-0.1, -0.05) is 6.07 Å². The molecule has 30 heavy (non-hydrogen) atoms. The first-order valence-corrected chi connectivity index (χ1v) is 9.28. The van der Waals surface area contributed by atoms with Gasteiger partial charge in [0.1, 0.15) is 11.8 Å². The first-order chi connectivity index (χ1) is 14.4. The van der Waals surface area contributed by atoms with E-state index in [2.05, 4.69) is 10.9 Å². The van der Waals surface area contributed by atoms with Crippen molar-refractivity contribution < 1.29 is 28.7 Å². The first-order valence-electron chi connectivity index (χ1n) is 9.28. The zero-order chi connectivity index (χ0) is 21.7. The predicted octanol–water partition coefficient (Wildman–Crippen LogP) is 1.44. The fourth-order valence-electron chi connectivity index (χ4n) is 2.97. The number of rotatable bonds is 7. The van der Waals surface area contributed by atoms with Crippen molar-refractivity contribution in [3.8, 4) is 5.75 Å². The summed E-state index contributed by atoms with van der Waals surface area (Å²) in [6.45, 7) is 1.95. The van der Waals surface area contributed by atoms with Gasteiger partial charge in [0.25, 0.3) is 11.8 Å². The number of hydrogen-bond acceptors (Lipinski definition) is 7. The molecule has 9 heteroatoms. The van der Waals surface area contributed by atoms with Crippen molar-refractivity contribution in [1.82, 2.24) is 10.9 Å². The number of nitrogens with zero attached hydrogens (tertiary/aromatic N) is 1. The second-order valence-electron chi connectivity index (χ2n) is 6.42. The highest BCUT2D eigenvalue weighted by atomic mass is 16.5. The third-order valence-electron chi connectivity index (χ3n) is 4.48. The van der Waals surface area contributed by atoms with Gasteiger partial charge in [-0.3, -0.25) is 19.8 Å². The lowest BCUT2D eigenvalue weighted by Crippen LogP contribution is -2.48. The Labute approximate surface area is 172 Å². The van der Waals surface area contributed by atoms with Crippen molar-refractivity contribution in [3.05, 3.63) is 59.7 Å². The molecule has 0 bridgehead atoms. The summed E-state index contributed by atoms with van der Waals surface area (Å²) in [7, 11) is 1.49. The first kappa shape index (κ1) is 21.0. The number of benzene rings is 2. The van der Waals surface area contributed by atoms with Crippen LogP contribution in [0.15, 0.2) is 48.5 Å². The number of carbonyl (C=O) groups is 4. The molecule has 0 aliphatic carbocycles. The molecule has 0 aromatic heterocycles. The van der Waals surface area contributed by atoms with Crippen molar-refractivity contribution in [1.29, 1.82) is 0 Å². The maximum absolute atomic E-state index is 12.7. The summed E-state index contributed by atoms with van der Waals surface area (Å²) in [4.78, 5) is 50.1. The third kappa shape index (κ3) is 4.47. The van der Waals surface area contributed by atoms with Gasteiger partial charge in [-0.05, 0) is 49.4 Å². The lowest BCUT2D eigenvalue weighted by Gasteiger charge is -2.16. The molecule has 1 heterocycles. The minimum absolute atomic E-state index is 0.114. The van der Waals surface area contributed by atoms with Gasteiger partial charge in [0, 0.05) is 5.56 Å². The molecule has 2 N–H and O–H groups in total. The molecule has 9 nitrogen and oxygen atoms in total. The number of hydrogen-bond donors (Lipinski definition) is 2. The minimum atomic E-state index is -0.906. The molecular weight excluding hydrogens is 390 g/mol. The Morgan fingerprint density at radius 3 is 2.50 bits per heavy atom. The molecule has 3 amide bonds. The van der Waals surface area contributed by atoms with Crippen LogP contribution in [0, 0.1) is 0 Å². The Balaban J connectivity index is 1.64. The number of ether oxygens (including phenoxy) is 2. The molecular formula is C21H21N3O6. The fourth-order valence-corrected chi connectivity index (χ4v) is 2.97. The van der Waals surface area contributed by atoms with E-state index < -0.39 is 29.7 Å². The summed E-state index contributed by atoms with van der Waals surface area (Å²) < 4.78 is 9.99. The van der Waals surface area contributed by atoms with Crippen LogP contribution < -0.4 is 20.5 Å². The van der Waals surface area contributed by atoms with Gasteiger partial charge in [-0.2, -0.15) is 0 Å². The molecule has 0 radical (unpaired) electrons. The lowest BCUT2D eigenvalue weighted by molar-refractivity contribution is -0.121. The molecule has 0 spiro atoms. The summed E-state index contributed by atoms with van der Waals surface area (Å²) in [5.41, 5.74) is 6.06. The second-order valence-corrected chi connectivity index (χ2v) is 6.42. The Morgan fingerprint density at radius 2 is 1.83 bits per heavy atom. The number of esters is 1. The Kier molecular flexibility index (Phi) is 6.43. The number of carbonyl (C=O) groups excluding carboxylic acids is 4. The highest BCUT2D eigenvalue weighted by molar-refractivity contribution is 6.22. The molecule has 1 unspecified atom stereocenters. The normalized spacial score (nSPS) is 15.8. The van der Waals surface area contributed by atoms with Gasteiger partial charge < -0.3 is 9.47 Å². The quantitative estimate of drug-likeness (QED) is 0.403. The van der Waals surface area contributed by atoms with E-state index in [0.717, 1.165) is 4.90 Å². The number of methoxy groups -OCH3 is 1. The van der Waals surface area contributed by atoms with Crippen LogP contribution in [0.25, 0.3) is 0 Å². The molecule has 2 aromatic rings. The second kappa shape index (κ2) is 9.19. The van der Waals surface area contributed by atoms with Crippen molar-refractivity contribution in [2.75, 3.05) is 18.6 Å². The predicted molar refractivity (Wildman–Crippen MR) is 107 cm³/mol. The molecule has 0 saturated carbocycles. The number of hydrazine groups is 1. The van der Waals surface area contributed by atoms with Gasteiger partial charge in [0.05, 0.1) is 31.4 Å². The van der Waals surface area contributed by atoms with Crippen LogP contribution in [0.1, 0.15) is 34.1 Å². The van der Waals surface area contributed by atoms with E-state index in [1.807, 2.05) is 0 Å². The average molecular weight is 411 g/mol. The van der Waals surface area contributed by atoms with Gasteiger partial charge in [0.15, 0.2) is 0 Å². The zero-order valence-corrected chi connectivity index (χ0v) is 16.5. The van der Waals surface area contributed by atoms with Crippen LogP contribution in [-0.2, 0) is 14.3 Å². The Hall–Kier alpha value is -3.72. The summed E-state index contributed by atoms with van der Waals surface area (Å²) in [5, 5.41) is 0. The van der Waals surface area contributed by atoms with Gasteiger partial charge >= 0.3 is 5.97 Å². The van der Waals surface area contributed by atoms with E-state index in [0.29, 0.717) is 22.6 Å². The van der Waals surface area contributed by atoms with Crippen LogP contribution in [0.3, 0.4) is 0 Å². The van der Waals surface area contributed by atoms with Crippen molar-refractivity contribution in [3.63, 3.8) is 0 Å². The van der Waals surface area contributed by atoms with Gasteiger partial charge in [-0.15, -0.1) is 0 Å². The summed E-state index contributed by atoms with van der Waals surface area (Å²) >= 11 is 0. The van der Waals surface area contributed by atoms with Crippen molar-refractivity contribution in [2.45, 2.75) is 19.4 Å². The van der Waals surface area contributed by atoms with E-state index in [4.69, 9.17) is 9.47 Å². The molecule has 2 aromatic carbocycles. The maximum Gasteiger partial charge on any atom is 0.338 e. The van der Waals surface area contributed by atoms with Crippen LogP contribution in [0.5, 0.6) is 5.75 Å². The number of anilines is 1. The van der Waals surface area contributed by atoms with Crippen molar-refractivity contribution in [2.24, 2.45) is 0 Å². The molecule has 1 atom stereocenters. The Morgan fingerprint density at radius 1 is 1.10 bits per heavy atom. The molecule has 1 aliphatic heterocycles. The summed E-state index contributed by atoms with van der Waals surface area (Å²) in [5.74, 6) is -1.35. The average Bonchev–Trinajstić information content (AvgIpc) is 3.05. The standard InChI is InChI=1S/C21H21N3O6/c1-3-30-21(28)13-7-9-15(10-8-13)24-18(25)12-17(20(24)27)22-23-19(26)14-5-4-6-16(11-14)29-2/h4-11,17,22H,3,12H2,1-2H3,(H,23,26). The van der Waals surface area contributed by atoms with E-state index >= 15 is 0 Å². The van der Waals surface area contributed by atoms with Crippen LogP contribution in [0.2, 0.25) is 0 Å². The molecule has 3 rings (SSSR count). The van der Waals surface area contributed by atoms with Gasteiger partial charge in [-0.25, -0.2) is 15.1 Å². The lowest BCUT2D eigenvalue weighted by atomic mass is 10.2. The fraction of sp³-hybridized carbons (Fsp3) is 0.238.